The Morgan fingerprint density at radius 3 is 2.37 bits per heavy atom. The average molecular weight is 429 g/mol. The largest absolute Gasteiger partial charge is 0.354 e. The molecule has 0 radical (unpaired) electrons. The Labute approximate surface area is 175 Å². The van der Waals surface area contributed by atoms with E-state index in [2.05, 4.69) is 25.6 Å². The number of nitrogens with zero attached hydrogens (tertiary/aromatic N) is 4. The molecule has 1 unspecified atom stereocenters. The van der Waals surface area contributed by atoms with Crippen molar-refractivity contribution < 1.29 is 13.2 Å². The fourth-order valence-corrected chi connectivity index (χ4v) is 3.99. The number of benzene rings is 2. The minimum absolute atomic E-state index is 0.205. The maximum atomic E-state index is 12.8. The third kappa shape index (κ3) is 5.28. The fourth-order valence-electron chi connectivity index (χ4n) is 2.92. The normalized spacial score (nSPS) is 12.5. The minimum atomic E-state index is -3.57. The standard InChI is InChI=1S/C20H24N6O3S/c1-15-9-11-18(12-10-15)30(28,29)22-14-6-13-21-20(27)19(17-7-4-3-5-8-17)26-16(2)23-24-25-26/h3-5,7-12,19,22H,6,13-14H2,1-2H3,(H,21,27). The van der Waals surface area contributed by atoms with Crippen LogP contribution in [0.1, 0.15) is 29.4 Å². The highest BCUT2D eigenvalue weighted by molar-refractivity contribution is 7.89. The van der Waals surface area contributed by atoms with Gasteiger partial charge in [0.05, 0.1) is 4.90 Å². The number of hydrogen-bond acceptors (Lipinski definition) is 6. The molecule has 30 heavy (non-hydrogen) atoms. The summed E-state index contributed by atoms with van der Waals surface area (Å²) >= 11 is 0. The molecule has 1 heterocycles. The van der Waals surface area contributed by atoms with Crippen LogP contribution >= 0.6 is 0 Å². The predicted octanol–water partition coefficient (Wildman–Crippen LogP) is 1.36. The first-order chi connectivity index (χ1) is 14.4. The Balaban J connectivity index is 1.56. The van der Waals surface area contributed by atoms with Crippen molar-refractivity contribution in [1.82, 2.24) is 30.2 Å². The van der Waals surface area contributed by atoms with E-state index in [1.165, 1.54) is 4.68 Å². The first-order valence-electron chi connectivity index (χ1n) is 9.52. The van der Waals surface area contributed by atoms with Crippen LogP contribution in [0.5, 0.6) is 0 Å². The van der Waals surface area contributed by atoms with Crippen molar-refractivity contribution in [3.8, 4) is 0 Å². The van der Waals surface area contributed by atoms with Crippen LogP contribution in [0, 0.1) is 13.8 Å². The van der Waals surface area contributed by atoms with Crippen LogP contribution < -0.4 is 10.0 Å². The number of sulfonamides is 1. The molecule has 0 aliphatic rings. The molecule has 2 aromatic carbocycles. The lowest BCUT2D eigenvalue weighted by atomic mass is 10.1. The Bertz CT molecular complexity index is 1080. The van der Waals surface area contributed by atoms with E-state index in [1.807, 2.05) is 37.3 Å². The van der Waals surface area contributed by atoms with Crippen molar-refractivity contribution in [2.45, 2.75) is 31.2 Å². The molecule has 9 nitrogen and oxygen atoms in total. The number of carbonyl (C=O) groups excluding carboxylic acids is 1. The summed E-state index contributed by atoms with van der Waals surface area (Å²) in [5, 5.41) is 14.3. The second-order valence-corrected chi connectivity index (χ2v) is 8.61. The molecule has 10 heteroatoms. The van der Waals surface area contributed by atoms with Gasteiger partial charge in [0.2, 0.25) is 15.9 Å². The molecule has 3 aromatic rings. The first-order valence-corrected chi connectivity index (χ1v) is 11.0. The number of nitrogens with one attached hydrogen (secondary N) is 2. The van der Waals surface area contributed by atoms with Gasteiger partial charge in [-0.15, -0.1) is 5.10 Å². The highest BCUT2D eigenvalue weighted by atomic mass is 32.2. The number of hydrogen-bond donors (Lipinski definition) is 2. The second kappa shape index (κ2) is 9.59. The van der Waals surface area contributed by atoms with Crippen LogP contribution in [-0.4, -0.2) is 47.6 Å². The van der Waals surface area contributed by atoms with Gasteiger partial charge in [0.25, 0.3) is 0 Å². The molecule has 0 saturated heterocycles. The molecule has 1 atom stereocenters. The summed E-state index contributed by atoms with van der Waals surface area (Å²) in [5.74, 6) is 0.253. The van der Waals surface area contributed by atoms with Crippen molar-refractivity contribution in [1.29, 1.82) is 0 Å². The highest BCUT2D eigenvalue weighted by Crippen LogP contribution is 2.18. The lowest BCUT2D eigenvalue weighted by Gasteiger charge is -2.18. The number of rotatable bonds is 9. The number of aryl methyl sites for hydroxylation is 2. The van der Waals surface area contributed by atoms with Crippen molar-refractivity contribution in [3.63, 3.8) is 0 Å². The van der Waals surface area contributed by atoms with Gasteiger partial charge in [-0.2, -0.15) is 0 Å². The summed E-state index contributed by atoms with van der Waals surface area (Å²) in [5.41, 5.74) is 1.74. The second-order valence-electron chi connectivity index (χ2n) is 6.84. The van der Waals surface area contributed by atoms with Crippen molar-refractivity contribution in [3.05, 3.63) is 71.5 Å². The molecule has 0 aliphatic heterocycles. The minimum Gasteiger partial charge on any atom is -0.354 e. The van der Waals surface area contributed by atoms with E-state index in [9.17, 15) is 13.2 Å². The van der Waals surface area contributed by atoms with Crippen molar-refractivity contribution in [2.24, 2.45) is 0 Å². The maximum absolute atomic E-state index is 12.8. The molecule has 0 spiro atoms. The van der Waals surface area contributed by atoms with Crippen LogP contribution in [0.4, 0.5) is 0 Å². The summed E-state index contributed by atoms with van der Waals surface area (Å²) in [4.78, 5) is 13.1. The average Bonchev–Trinajstić information content (AvgIpc) is 3.14. The smallest absolute Gasteiger partial charge is 0.249 e. The summed E-state index contributed by atoms with van der Waals surface area (Å²) in [6.07, 6.45) is 0.437. The summed E-state index contributed by atoms with van der Waals surface area (Å²) in [6.45, 7) is 4.13. The van der Waals surface area contributed by atoms with E-state index in [1.54, 1.807) is 31.2 Å². The molecule has 1 amide bonds. The van der Waals surface area contributed by atoms with E-state index in [0.717, 1.165) is 11.1 Å². The molecule has 3 rings (SSSR count). The topological polar surface area (TPSA) is 119 Å². The quantitative estimate of drug-likeness (QED) is 0.497. The molecule has 2 N–H and O–H groups in total. The van der Waals surface area contributed by atoms with Crippen LogP contribution in [0.2, 0.25) is 0 Å². The predicted molar refractivity (Wildman–Crippen MR) is 111 cm³/mol. The van der Waals surface area contributed by atoms with Gasteiger partial charge >= 0.3 is 0 Å². The van der Waals surface area contributed by atoms with Gasteiger partial charge in [0, 0.05) is 13.1 Å². The van der Waals surface area contributed by atoms with Gasteiger partial charge in [-0.05, 0) is 48.4 Å². The van der Waals surface area contributed by atoms with E-state index in [0.29, 0.717) is 18.8 Å². The zero-order valence-electron chi connectivity index (χ0n) is 16.8. The van der Waals surface area contributed by atoms with E-state index in [-0.39, 0.29) is 17.3 Å². The van der Waals surface area contributed by atoms with E-state index < -0.39 is 16.1 Å². The number of tetrazole rings is 1. The zero-order chi connectivity index (χ0) is 21.6. The molecular formula is C20H24N6O3S. The Hall–Kier alpha value is -3.11. The highest BCUT2D eigenvalue weighted by Gasteiger charge is 2.25. The van der Waals surface area contributed by atoms with Gasteiger partial charge in [0.15, 0.2) is 6.04 Å². The van der Waals surface area contributed by atoms with Crippen molar-refractivity contribution >= 4 is 15.9 Å². The van der Waals surface area contributed by atoms with Crippen LogP contribution in [0.25, 0.3) is 0 Å². The third-order valence-corrected chi connectivity index (χ3v) is 6.02. The lowest BCUT2D eigenvalue weighted by molar-refractivity contribution is -0.123. The fraction of sp³-hybridized carbons (Fsp3) is 0.300. The number of carbonyl (C=O) groups is 1. The Morgan fingerprint density at radius 1 is 1.03 bits per heavy atom. The molecule has 0 aliphatic carbocycles. The lowest BCUT2D eigenvalue weighted by Crippen LogP contribution is -2.36. The Kier molecular flexibility index (Phi) is 6.91. The molecule has 0 saturated carbocycles. The van der Waals surface area contributed by atoms with Crippen molar-refractivity contribution in [2.75, 3.05) is 13.1 Å². The van der Waals surface area contributed by atoms with Gasteiger partial charge in [0.1, 0.15) is 5.82 Å². The third-order valence-electron chi connectivity index (χ3n) is 4.54. The summed E-state index contributed by atoms with van der Waals surface area (Å²) in [6, 6.07) is 15.2. The van der Waals surface area contributed by atoms with Crippen LogP contribution in [-0.2, 0) is 14.8 Å². The van der Waals surface area contributed by atoms with Gasteiger partial charge < -0.3 is 5.32 Å². The van der Waals surface area contributed by atoms with Crippen LogP contribution in [0.15, 0.2) is 59.5 Å². The Morgan fingerprint density at radius 2 is 1.73 bits per heavy atom. The van der Waals surface area contributed by atoms with Gasteiger partial charge in [-0.25, -0.2) is 17.8 Å². The molecule has 0 bridgehead atoms. The zero-order valence-corrected chi connectivity index (χ0v) is 17.6. The van der Waals surface area contributed by atoms with Gasteiger partial charge in [-0.3, -0.25) is 4.79 Å². The number of aromatic nitrogens is 4. The summed E-state index contributed by atoms with van der Waals surface area (Å²) < 4.78 is 28.6. The van der Waals surface area contributed by atoms with E-state index >= 15 is 0 Å². The molecule has 158 valence electrons. The maximum Gasteiger partial charge on any atom is 0.249 e. The first kappa shape index (κ1) is 21.6. The SMILES string of the molecule is Cc1ccc(S(=O)(=O)NCCCNC(=O)C(c2ccccc2)n2nnnc2C)cc1. The van der Waals surface area contributed by atoms with E-state index in [4.69, 9.17) is 0 Å². The van der Waals surface area contributed by atoms with Crippen LogP contribution in [0.3, 0.4) is 0 Å². The molecule has 1 aromatic heterocycles. The monoisotopic (exact) mass is 428 g/mol. The molecular weight excluding hydrogens is 404 g/mol. The summed E-state index contributed by atoms with van der Waals surface area (Å²) in [7, 11) is -3.57. The number of amides is 1. The molecule has 0 fully saturated rings. The van der Waals surface area contributed by atoms with Gasteiger partial charge in [-0.1, -0.05) is 48.0 Å².